The first-order chi connectivity index (χ1) is 12.1. The van der Waals surface area contributed by atoms with Gasteiger partial charge in [-0.2, -0.15) is 13.1 Å². The Labute approximate surface area is 206 Å². The van der Waals surface area contributed by atoms with Crippen LogP contribution in [0.2, 0.25) is 0 Å². The summed E-state index contributed by atoms with van der Waals surface area (Å²) in [6.07, 6.45) is 4.82. The van der Waals surface area contributed by atoms with E-state index in [1.54, 1.807) is 13.8 Å². The number of unbranched alkanes of at least 4 members (excludes halogenated alkanes) is 3. The molecule has 0 aromatic carbocycles. The Kier molecular flexibility index (Phi) is 51.4. The summed E-state index contributed by atoms with van der Waals surface area (Å²) in [6, 6.07) is 0. The van der Waals surface area contributed by atoms with E-state index >= 15 is 0 Å². The van der Waals surface area contributed by atoms with Crippen LogP contribution in [0.15, 0.2) is 0 Å². The molecule has 0 saturated heterocycles. The van der Waals surface area contributed by atoms with Crippen molar-refractivity contribution in [2.24, 2.45) is 11.8 Å². The Hall–Kier alpha value is -0.903. The largest absolute Gasteiger partial charge is 4.00 e. The monoisotopic (exact) mass is 804 g/mol. The van der Waals surface area contributed by atoms with Crippen LogP contribution in [0, 0.1) is 11.8 Å². The third-order valence-electron chi connectivity index (χ3n) is 3.19. The van der Waals surface area contributed by atoms with Gasteiger partial charge in [-0.1, -0.05) is 39.5 Å². The molecule has 12 nitrogen and oxygen atoms in total. The molecule has 0 atom stereocenters. The molecule has 182 valence electrons. The van der Waals surface area contributed by atoms with E-state index in [1.165, 1.54) is 0 Å². The van der Waals surface area contributed by atoms with E-state index in [0.717, 1.165) is 25.7 Å². The minimum atomic E-state index is -1.02. The van der Waals surface area contributed by atoms with Crippen LogP contribution in [0.1, 0.15) is 52.4 Å². The van der Waals surface area contributed by atoms with Crippen LogP contribution in [0.3, 0.4) is 0 Å². The maximum Gasteiger partial charge on any atom is 4.00 e. The zero-order valence-electron chi connectivity index (χ0n) is 17.2. The number of nitrogens with one attached hydrogen (secondary N) is 2. The van der Waals surface area contributed by atoms with Gasteiger partial charge in [0, 0.05) is 19.2 Å². The van der Waals surface area contributed by atoms with Crippen LogP contribution < -0.4 is 0 Å². The molecular weight excluding hydrogens is 766 g/mol. The molecule has 14 N–H and O–H groups in total. The normalized spacial score (nSPS) is 8.33. The molecule has 30 heavy (non-hydrogen) atoms. The van der Waals surface area contributed by atoms with Gasteiger partial charge in [0.15, 0.2) is 0 Å². The summed E-state index contributed by atoms with van der Waals surface area (Å²) in [5.41, 5.74) is 13.6. The fraction of sp³-hybridized carbons (Fsp3) is 0.750. The van der Waals surface area contributed by atoms with Gasteiger partial charge in [0.2, 0.25) is 0 Å². The van der Waals surface area contributed by atoms with Crippen molar-refractivity contribution < 1.29 is 81.7 Å². The number of hydrogen-bond donors (Lipinski definition) is 0. The molecule has 0 aromatic heterocycles. The number of rotatable bonds is 11. The molecule has 0 aliphatic rings. The van der Waals surface area contributed by atoms with Gasteiger partial charge in [0.1, 0.15) is 0 Å². The molecule has 0 bridgehead atoms. The van der Waals surface area contributed by atoms with Gasteiger partial charge in [0.25, 0.3) is 11.8 Å². The maximum absolute atomic E-state index is 10.1. The molecule has 0 spiro atoms. The summed E-state index contributed by atoms with van der Waals surface area (Å²) >= 11 is 0. The molecule has 0 saturated carbocycles. The first-order valence-corrected chi connectivity index (χ1v) is 8.41. The van der Waals surface area contributed by atoms with Gasteiger partial charge < -0.3 is 44.2 Å². The number of hydrogen-bond acceptors (Lipinski definition) is 4. The second-order valence-corrected chi connectivity index (χ2v) is 5.29. The van der Waals surface area contributed by atoms with E-state index in [0.29, 0.717) is 13.1 Å². The minimum Gasteiger partial charge on any atom is -0.693 e. The summed E-state index contributed by atoms with van der Waals surface area (Å²) in [4.78, 5) is 40.6. The van der Waals surface area contributed by atoms with Crippen molar-refractivity contribution in [3.05, 3.63) is 23.8 Å². The molecule has 0 heterocycles. The number of nitrogens with two attached hydrogens (primary N) is 2. The van der Waals surface area contributed by atoms with Gasteiger partial charge in [0.05, 0.1) is 0 Å². The van der Waals surface area contributed by atoms with E-state index in [1.807, 2.05) is 0 Å². The van der Waals surface area contributed by atoms with Gasteiger partial charge >= 0.3 is 66.0 Å². The van der Waals surface area contributed by atoms with Crippen LogP contribution in [0.4, 0.5) is 0 Å². The molecule has 0 unspecified atom stereocenters. The Balaban J connectivity index is -0.0000000497. The Bertz CT molecular complexity index is 366. The van der Waals surface area contributed by atoms with Crippen molar-refractivity contribution in [3.63, 3.8) is 0 Å². The molecule has 14 heteroatoms. The maximum atomic E-state index is 10.1. The molecule has 0 fully saturated rings. The first kappa shape index (κ1) is 47.0. The molecule has 0 rings (SSSR count). The third kappa shape index (κ3) is 31.8. The Morgan fingerprint density at radius 1 is 0.600 bits per heavy atom. The van der Waals surface area contributed by atoms with Crippen LogP contribution in [0.5, 0.6) is 0 Å². The Morgan fingerprint density at radius 3 is 0.867 bits per heavy atom. The molecular formula is C16H38N4O8Pt2+8. The van der Waals surface area contributed by atoms with Crippen molar-refractivity contribution in [2.75, 3.05) is 13.1 Å². The van der Waals surface area contributed by atoms with Gasteiger partial charge in [-0.05, 0) is 12.8 Å². The fourth-order valence-electron chi connectivity index (χ4n) is 1.58. The van der Waals surface area contributed by atoms with E-state index < -0.39 is 35.7 Å². The van der Waals surface area contributed by atoms with Crippen molar-refractivity contribution in [3.8, 4) is 0 Å². The standard InChI is InChI=1S/C6H14N2.2C5H8O4.2H2N.2Pt/c7-5-3-1-2-4-6-8;2*1-2-3(4(6)7)5(8)9;;;;/h7-8H,1-6H2;2*3H,2H2,1H3,(H,6,7)(H,8,9);2*1H2;;/q-2;;;2*-1;2*+4/p+4. The average Bonchev–Trinajstić information content (AvgIpc) is 2.52. The van der Waals surface area contributed by atoms with E-state index in [-0.39, 0.29) is 67.3 Å². The average molecular weight is 805 g/mol. The van der Waals surface area contributed by atoms with Crippen LogP contribution in [-0.2, 0) is 61.3 Å². The van der Waals surface area contributed by atoms with E-state index in [2.05, 4.69) is 0 Å². The zero-order valence-corrected chi connectivity index (χ0v) is 21.8. The van der Waals surface area contributed by atoms with Gasteiger partial charge in [-0.25, -0.2) is 0 Å². The van der Waals surface area contributed by atoms with E-state index in [9.17, 15) is 19.2 Å². The predicted octanol–water partition coefficient (Wildman–Crippen LogP) is 1.11. The summed E-state index contributed by atoms with van der Waals surface area (Å²) < 4.78 is 0. The predicted molar refractivity (Wildman–Crippen MR) is 109 cm³/mol. The van der Waals surface area contributed by atoms with Crippen molar-refractivity contribution in [1.82, 2.24) is 0 Å². The fourth-order valence-corrected chi connectivity index (χ4v) is 1.58. The van der Waals surface area contributed by atoms with Crippen LogP contribution in [0.25, 0.3) is 23.8 Å². The number of carbonyl (C=O) groups is 4. The molecule has 0 aliphatic carbocycles. The Morgan fingerprint density at radius 2 is 0.800 bits per heavy atom. The van der Waals surface area contributed by atoms with Gasteiger partial charge in [-0.15, -0.1) is 0 Å². The number of carbonyl (C=O) groups excluding carboxylic acids is 4. The summed E-state index contributed by atoms with van der Waals surface area (Å²) in [7, 11) is 0. The van der Waals surface area contributed by atoms with Crippen LogP contribution in [-0.4, -0.2) is 57.4 Å². The van der Waals surface area contributed by atoms with Crippen molar-refractivity contribution in [2.45, 2.75) is 52.4 Å². The van der Waals surface area contributed by atoms with E-state index in [4.69, 9.17) is 31.9 Å². The molecule has 0 aliphatic heterocycles. The first-order valence-electron chi connectivity index (χ1n) is 8.41. The summed E-state index contributed by atoms with van der Waals surface area (Å²) in [5.74, 6) is -5.89. The summed E-state index contributed by atoms with van der Waals surface area (Å²) in [5, 5.41) is 25.9. The quantitative estimate of drug-likeness (QED) is 0.169. The van der Waals surface area contributed by atoms with Crippen LogP contribution >= 0.6 is 0 Å². The summed E-state index contributed by atoms with van der Waals surface area (Å²) in [6.45, 7) is 4.31. The second-order valence-electron chi connectivity index (χ2n) is 5.29. The minimum absolute atomic E-state index is 0. The smallest absolute Gasteiger partial charge is 0.693 e. The van der Waals surface area contributed by atoms with Crippen molar-refractivity contribution in [1.29, 1.82) is 0 Å². The molecule has 0 radical (unpaired) electrons. The SMILES string of the molecule is CCC(C(=O)[OH2+])C(=O)[OH2+].CCC(C(=O)[OH2+])C(=O)[OH2+].[NH-]CCCCCC[NH-].[NH2-].[NH2-].[Pt+4].[Pt+4]. The third-order valence-corrected chi connectivity index (χ3v) is 3.19. The molecule has 0 aromatic rings. The molecule has 0 amide bonds. The van der Waals surface area contributed by atoms with Crippen molar-refractivity contribution >= 4 is 23.9 Å². The van der Waals surface area contributed by atoms with Gasteiger partial charge in [-0.3, -0.25) is 0 Å². The zero-order chi connectivity index (χ0) is 21.1. The topological polar surface area (TPSA) is 274 Å². The second kappa shape index (κ2) is 32.8.